The van der Waals surface area contributed by atoms with E-state index in [0.717, 1.165) is 0 Å². The van der Waals surface area contributed by atoms with Gasteiger partial charge in [0.15, 0.2) is 0 Å². The van der Waals surface area contributed by atoms with Crippen molar-refractivity contribution in [2.75, 3.05) is 18.1 Å². The Kier molecular flexibility index (Phi) is 4.94. The molecule has 0 saturated carbocycles. The van der Waals surface area contributed by atoms with E-state index in [-0.39, 0.29) is 29.0 Å². The first kappa shape index (κ1) is 17.7. The average Bonchev–Trinajstić information content (AvgIpc) is 2.59. The van der Waals surface area contributed by atoms with E-state index in [4.69, 9.17) is 16.3 Å². The number of nitrogens with one attached hydrogen (secondary N) is 1. The molecule has 7 nitrogen and oxygen atoms in total. The van der Waals surface area contributed by atoms with Gasteiger partial charge in [-0.3, -0.25) is 9.78 Å². The molecule has 2 aromatic rings. The summed E-state index contributed by atoms with van der Waals surface area (Å²) in [5.74, 6) is 0.147. The van der Waals surface area contributed by atoms with Crippen molar-refractivity contribution < 1.29 is 17.9 Å². The third kappa shape index (κ3) is 3.76. The van der Waals surface area contributed by atoms with Crippen molar-refractivity contribution in [3.8, 4) is 5.75 Å². The number of benzene rings is 1. The number of hydrogen-bond donors (Lipinski definition) is 1. The van der Waals surface area contributed by atoms with Crippen LogP contribution in [0.15, 0.2) is 41.4 Å². The summed E-state index contributed by atoms with van der Waals surface area (Å²) in [7, 11) is -3.87. The highest BCUT2D eigenvalue weighted by Gasteiger charge is 2.27. The van der Waals surface area contributed by atoms with Crippen LogP contribution in [0, 0.1) is 0 Å². The second kappa shape index (κ2) is 6.99. The number of ether oxygens (including phenoxy) is 1. The number of amides is 1. The molecule has 0 aliphatic carbocycles. The molecule has 0 unspecified atom stereocenters. The van der Waals surface area contributed by atoms with Crippen molar-refractivity contribution in [1.82, 2.24) is 9.71 Å². The zero-order valence-electron chi connectivity index (χ0n) is 13.4. The number of rotatable bonds is 4. The zero-order chi connectivity index (χ0) is 18.0. The molecule has 132 valence electrons. The summed E-state index contributed by atoms with van der Waals surface area (Å²) in [5.41, 5.74) is 1.05. The van der Waals surface area contributed by atoms with E-state index in [1.165, 1.54) is 24.0 Å². The molecular formula is C16H16ClN3O4S. The molecule has 0 bridgehead atoms. The van der Waals surface area contributed by atoms with Gasteiger partial charge in [0, 0.05) is 19.2 Å². The number of carbonyl (C=O) groups is 1. The minimum atomic E-state index is -3.87. The number of halogens is 1. The summed E-state index contributed by atoms with van der Waals surface area (Å²) < 4.78 is 33.1. The minimum Gasteiger partial charge on any atom is -0.489 e. The van der Waals surface area contributed by atoms with Crippen molar-refractivity contribution in [3.63, 3.8) is 0 Å². The Bertz CT molecular complexity index is 903. The van der Waals surface area contributed by atoms with Gasteiger partial charge in [0.25, 0.3) is 0 Å². The minimum absolute atomic E-state index is 0.0176. The molecule has 0 atom stereocenters. The number of hydrogen-bond acceptors (Lipinski definition) is 5. The lowest BCUT2D eigenvalue weighted by molar-refractivity contribution is -0.116. The summed E-state index contributed by atoms with van der Waals surface area (Å²) in [4.78, 5) is 17.2. The fourth-order valence-corrected chi connectivity index (χ4v) is 4.03. The first-order valence-corrected chi connectivity index (χ1v) is 9.38. The molecule has 1 aliphatic rings. The SMILES string of the molecule is CC(=O)N1CCOc2cc(S(=O)(=O)NCc3ccccn3)c(Cl)cc21. The van der Waals surface area contributed by atoms with Gasteiger partial charge in [-0.15, -0.1) is 0 Å². The van der Waals surface area contributed by atoms with Crippen LogP contribution in [0.25, 0.3) is 0 Å². The fourth-order valence-electron chi connectivity index (χ4n) is 2.50. The van der Waals surface area contributed by atoms with Gasteiger partial charge < -0.3 is 9.64 Å². The van der Waals surface area contributed by atoms with Crippen molar-refractivity contribution in [2.24, 2.45) is 0 Å². The molecular weight excluding hydrogens is 366 g/mol. The maximum Gasteiger partial charge on any atom is 0.242 e. The van der Waals surface area contributed by atoms with Crippen molar-refractivity contribution >= 4 is 33.2 Å². The molecule has 3 rings (SSSR count). The number of fused-ring (bicyclic) bond motifs is 1. The highest BCUT2D eigenvalue weighted by molar-refractivity contribution is 7.89. The Labute approximate surface area is 150 Å². The lowest BCUT2D eigenvalue weighted by Gasteiger charge is -2.29. The maximum atomic E-state index is 12.6. The van der Waals surface area contributed by atoms with Crippen LogP contribution >= 0.6 is 11.6 Å². The second-order valence-corrected chi connectivity index (χ2v) is 7.56. The summed E-state index contributed by atoms with van der Waals surface area (Å²) in [6, 6.07) is 8.01. The Balaban J connectivity index is 1.90. The van der Waals surface area contributed by atoms with Crippen LogP contribution in [0.3, 0.4) is 0 Å². The molecule has 0 radical (unpaired) electrons. The number of aromatic nitrogens is 1. The van der Waals surface area contributed by atoms with Crippen molar-refractivity contribution in [2.45, 2.75) is 18.4 Å². The number of nitrogens with zero attached hydrogens (tertiary/aromatic N) is 2. The standard InChI is InChI=1S/C16H16ClN3O4S/c1-11(21)20-6-7-24-15-9-16(13(17)8-14(15)20)25(22,23)19-10-12-4-2-3-5-18-12/h2-5,8-9,19H,6-7,10H2,1H3. The van der Waals surface area contributed by atoms with E-state index < -0.39 is 10.0 Å². The Morgan fingerprint density at radius 2 is 2.20 bits per heavy atom. The van der Waals surface area contributed by atoms with Crippen molar-refractivity contribution in [3.05, 3.63) is 47.2 Å². The molecule has 1 aromatic carbocycles. The van der Waals surface area contributed by atoms with E-state index in [2.05, 4.69) is 9.71 Å². The first-order valence-electron chi connectivity index (χ1n) is 7.52. The first-order chi connectivity index (χ1) is 11.9. The Morgan fingerprint density at radius 1 is 1.40 bits per heavy atom. The molecule has 0 fully saturated rings. The number of sulfonamides is 1. The second-order valence-electron chi connectivity index (χ2n) is 5.42. The molecule has 2 heterocycles. The lowest BCUT2D eigenvalue weighted by atomic mass is 10.2. The van der Waals surface area contributed by atoms with E-state index in [9.17, 15) is 13.2 Å². The molecule has 1 aliphatic heterocycles. The molecule has 1 amide bonds. The Morgan fingerprint density at radius 3 is 2.88 bits per heavy atom. The van der Waals surface area contributed by atoms with Gasteiger partial charge in [0.05, 0.1) is 29.5 Å². The number of carbonyl (C=O) groups excluding carboxylic acids is 1. The maximum absolute atomic E-state index is 12.6. The van der Waals surface area contributed by atoms with Gasteiger partial charge in [0.2, 0.25) is 15.9 Å². The molecule has 1 aromatic heterocycles. The van der Waals surface area contributed by atoms with Gasteiger partial charge in [-0.2, -0.15) is 0 Å². The smallest absolute Gasteiger partial charge is 0.242 e. The van der Waals surface area contributed by atoms with Crippen LogP contribution in [0.1, 0.15) is 12.6 Å². The molecule has 1 N–H and O–H groups in total. The van der Waals surface area contributed by atoms with Crippen LogP contribution in [0.5, 0.6) is 5.75 Å². The van der Waals surface area contributed by atoms with Gasteiger partial charge in [-0.05, 0) is 18.2 Å². The summed E-state index contributed by atoms with van der Waals surface area (Å²) in [6.45, 7) is 2.15. The van der Waals surface area contributed by atoms with Crippen LogP contribution in [0.2, 0.25) is 5.02 Å². The highest BCUT2D eigenvalue weighted by atomic mass is 35.5. The predicted molar refractivity (Wildman–Crippen MR) is 93.2 cm³/mol. The third-order valence-electron chi connectivity index (χ3n) is 3.72. The van der Waals surface area contributed by atoms with Crippen LogP contribution in [-0.4, -0.2) is 32.5 Å². The van der Waals surface area contributed by atoms with E-state index >= 15 is 0 Å². The molecule has 25 heavy (non-hydrogen) atoms. The topological polar surface area (TPSA) is 88.6 Å². The lowest BCUT2D eigenvalue weighted by Crippen LogP contribution is -2.36. The monoisotopic (exact) mass is 381 g/mol. The van der Waals surface area contributed by atoms with E-state index in [0.29, 0.717) is 23.7 Å². The zero-order valence-corrected chi connectivity index (χ0v) is 15.0. The average molecular weight is 382 g/mol. The van der Waals surface area contributed by atoms with Crippen LogP contribution < -0.4 is 14.4 Å². The predicted octanol–water partition coefficient (Wildman–Crippen LogP) is 1.96. The molecule has 9 heteroatoms. The largest absolute Gasteiger partial charge is 0.489 e. The van der Waals surface area contributed by atoms with Crippen LogP contribution in [0.4, 0.5) is 5.69 Å². The van der Waals surface area contributed by atoms with Gasteiger partial charge >= 0.3 is 0 Å². The summed E-state index contributed by atoms with van der Waals surface area (Å²) in [6.07, 6.45) is 1.58. The quantitative estimate of drug-likeness (QED) is 0.874. The summed E-state index contributed by atoms with van der Waals surface area (Å²) >= 11 is 6.17. The highest BCUT2D eigenvalue weighted by Crippen LogP contribution is 2.38. The van der Waals surface area contributed by atoms with E-state index in [1.54, 1.807) is 24.4 Å². The fraction of sp³-hybridized carbons (Fsp3) is 0.250. The molecule has 0 spiro atoms. The number of anilines is 1. The third-order valence-corrected chi connectivity index (χ3v) is 5.58. The molecule has 0 saturated heterocycles. The van der Waals surface area contributed by atoms with Crippen molar-refractivity contribution in [1.29, 1.82) is 0 Å². The summed E-state index contributed by atoms with van der Waals surface area (Å²) in [5, 5.41) is 0.0176. The van der Waals surface area contributed by atoms with Gasteiger partial charge in [-0.25, -0.2) is 13.1 Å². The normalized spacial score (nSPS) is 13.9. The number of pyridine rings is 1. The van der Waals surface area contributed by atoms with Gasteiger partial charge in [0.1, 0.15) is 17.3 Å². The van der Waals surface area contributed by atoms with Crippen LogP contribution in [-0.2, 0) is 21.4 Å². The van der Waals surface area contributed by atoms with Gasteiger partial charge in [-0.1, -0.05) is 17.7 Å². The van der Waals surface area contributed by atoms with E-state index in [1.807, 2.05) is 0 Å². The Hall–Kier alpha value is -2.16.